The highest BCUT2D eigenvalue weighted by molar-refractivity contribution is 5.95. The molecule has 24 heavy (non-hydrogen) atoms. The summed E-state index contributed by atoms with van der Waals surface area (Å²) in [4.78, 5) is 27.7. The van der Waals surface area contributed by atoms with Gasteiger partial charge in [-0.05, 0) is 62.7 Å². The molecule has 6 nitrogen and oxygen atoms in total. The molecule has 2 rings (SSSR count). The standard InChI is InChI=1S/C18H21N3O3/c1-18(2,3)24-17(23)21-15-6-4-14(5-7-15)16(22)20-12-13-8-10-19-11-9-13/h4-11H,12H2,1-3H3,(H,20,22)(H,21,23). The predicted octanol–water partition coefficient (Wildman–Crippen LogP) is 3.36. The summed E-state index contributed by atoms with van der Waals surface area (Å²) in [5.41, 5.74) is 1.49. The number of carbonyl (C=O) groups is 2. The molecule has 0 fully saturated rings. The van der Waals surface area contributed by atoms with E-state index >= 15 is 0 Å². The Bertz CT molecular complexity index is 692. The first-order valence-corrected chi connectivity index (χ1v) is 7.61. The highest BCUT2D eigenvalue weighted by Gasteiger charge is 2.16. The average molecular weight is 327 g/mol. The fourth-order valence-electron chi connectivity index (χ4n) is 1.91. The van der Waals surface area contributed by atoms with Gasteiger partial charge in [-0.25, -0.2) is 4.79 Å². The minimum atomic E-state index is -0.559. The first-order chi connectivity index (χ1) is 11.3. The second-order valence-corrected chi connectivity index (χ2v) is 6.24. The molecular weight excluding hydrogens is 306 g/mol. The van der Waals surface area contributed by atoms with Crippen LogP contribution in [0.4, 0.5) is 10.5 Å². The Balaban J connectivity index is 1.89. The van der Waals surface area contributed by atoms with Gasteiger partial charge in [0.1, 0.15) is 5.60 Å². The van der Waals surface area contributed by atoms with Crippen LogP contribution in [0.1, 0.15) is 36.7 Å². The van der Waals surface area contributed by atoms with Crippen molar-refractivity contribution in [3.63, 3.8) is 0 Å². The largest absolute Gasteiger partial charge is 0.444 e. The summed E-state index contributed by atoms with van der Waals surface area (Å²) in [6.45, 7) is 5.81. The number of rotatable bonds is 4. The van der Waals surface area contributed by atoms with Gasteiger partial charge in [0.05, 0.1) is 0 Å². The molecule has 1 heterocycles. The highest BCUT2D eigenvalue weighted by Crippen LogP contribution is 2.13. The van der Waals surface area contributed by atoms with E-state index in [0.29, 0.717) is 17.8 Å². The lowest BCUT2D eigenvalue weighted by molar-refractivity contribution is 0.0635. The molecule has 0 aliphatic carbocycles. The van der Waals surface area contributed by atoms with Gasteiger partial charge in [-0.15, -0.1) is 0 Å². The summed E-state index contributed by atoms with van der Waals surface area (Å²) in [6, 6.07) is 10.3. The van der Waals surface area contributed by atoms with Crippen LogP contribution in [0.25, 0.3) is 0 Å². The zero-order valence-electron chi connectivity index (χ0n) is 14.0. The van der Waals surface area contributed by atoms with Crippen LogP contribution in [-0.2, 0) is 11.3 Å². The van der Waals surface area contributed by atoms with Gasteiger partial charge in [0, 0.05) is 30.2 Å². The molecule has 0 aliphatic rings. The van der Waals surface area contributed by atoms with Gasteiger partial charge < -0.3 is 10.1 Å². The second-order valence-electron chi connectivity index (χ2n) is 6.24. The maximum absolute atomic E-state index is 12.1. The normalized spacial score (nSPS) is 10.8. The molecule has 2 aromatic rings. The van der Waals surface area contributed by atoms with E-state index in [4.69, 9.17) is 4.74 Å². The summed E-state index contributed by atoms with van der Waals surface area (Å²) in [7, 11) is 0. The molecule has 2 N–H and O–H groups in total. The van der Waals surface area contributed by atoms with E-state index in [-0.39, 0.29) is 5.91 Å². The van der Waals surface area contributed by atoms with Crippen LogP contribution in [-0.4, -0.2) is 22.6 Å². The lowest BCUT2D eigenvalue weighted by atomic mass is 10.2. The maximum Gasteiger partial charge on any atom is 0.412 e. The van der Waals surface area contributed by atoms with E-state index in [0.717, 1.165) is 5.56 Å². The monoisotopic (exact) mass is 327 g/mol. The van der Waals surface area contributed by atoms with Gasteiger partial charge in [0.2, 0.25) is 0 Å². The van der Waals surface area contributed by atoms with Crippen LogP contribution < -0.4 is 10.6 Å². The maximum atomic E-state index is 12.1. The number of anilines is 1. The predicted molar refractivity (Wildman–Crippen MR) is 91.7 cm³/mol. The van der Waals surface area contributed by atoms with Crippen molar-refractivity contribution in [3.8, 4) is 0 Å². The Kier molecular flexibility index (Phi) is 5.52. The van der Waals surface area contributed by atoms with E-state index < -0.39 is 11.7 Å². The molecule has 0 saturated heterocycles. The topological polar surface area (TPSA) is 80.3 Å². The van der Waals surface area contributed by atoms with Crippen LogP contribution in [0.2, 0.25) is 0 Å². The van der Waals surface area contributed by atoms with Crippen LogP contribution in [0.15, 0.2) is 48.8 Å². The minimum absolute atomic E-state index is 0.185. The Labute approximate surface area is 141 Å². The molecule has 6 heteroatoms. The van der Waals surface area contributed by atoms with Crippen molar-refractivity contribution in [2.24, 2.45) is 0 Å². The third-order valence-corrected chi connectivity index (χ3v) is 2.99. The molecule has 0 atom stereocenters. The Morgan fingerprint density at radius 1 is 1.04 bits per heavy atom. The van der Waals surface area contributed by atoms with E-state index in [2.05, 4.69) is 15.6 Å². The number of nitrogens with one attached hydrogen (secondary N) is 2. The van der Waals surface area contributed by atoms with Crippen molar-refractivity contribution in [1.82, 2.24) is 10.3 Å². The van der Waals surface area contributed by atoms with Gasteiger partial charge in [0.25, 0.3) is 5.91 Å². The van der Waals surface area contributed by atoms with Gasteiger partial charge >= 0.3 is 6.09 Å². The molecule has 126 valence electrons. The molecule has 0 aliphatic heterocycles. The molecular formula is C18H21N3O3. The van der Waals surface area contributed by atoms with Gasteiger partial charge in [0.15, 0.2) is 0 Å². The number of hydrogen-bond acceptors (Lipinski definition) is 4. The molecule has 1 aromatic carbocycles. The lowest BCUT2D eigenvalue weighted by Crippen LogP contribution is -2.27. The number of amides is 2. The first-order valence-electron chi connectivity index (χ1n) is 7.61. The highest BCUT2D eigenvalue weighted by atomic mass is 16.6. The number of carbonyl (C=O) groups excluding carboxylic acids is 2. The van der Waals surface area contributed by atoms with Crippen molar-refractivity contribution in [2.45, 2.75) is 32.9 Å². The zero-order chi connectivity index (χ0) is 17.6. The molecule has 0 spiro atoms. The molecule has 1 aromatic heterocycles. The van der Waals surface area contributed by atoms with Crippen molar-refractivity contribution >= 4 is 17.7 Å². The third-order valence-electron chi connectivity index (χ3n) is 2.99. The number of benzene rings is 1. The van der Waals surface area contributed by atoms with Crippen LogP contribution >= 0.6 is 0 Å². The molecule has 2 amide bonds. The fourth-order valence-corrected chi connectivity index (χ4v) is 1.91. The Morgan fingerprint density at radius 2 is 1.67 bits per heavy atom. The summed E-state index contributed by atoms with van der Waals surface area (Å²) >= 11 is 0. The third kappa shape index (κ3) is 5.72. The zero-order valence-corrected chi connectivity index (χ0v) is 14.0. The SMILES string of the molecule is CC(C)(C)OC(=O)Nc1ccc(C(=O)NCc2ccncc2)cc1. The average Bonchev–Trinajstić information content (AvgIpc) is 2.52. The quantitative estimate of drug-likeness (QED) is 0.902. The van der Waals surface area contributed by atoms with E-state index in [1.165, 1.54) is 0 Å². The smallest absolute Gasteiger partial charge is 0.412 e. The first kappa shape index (κ1) is 17.5. The summed E-state index contributed by atoms with van der Waals surface area (Å²) in [5.74, 6) is -0.185. The van der Waals surface area contributed by atoms with Gasteiger partial charge in [-0.2, -0.15) is 0 Å². The minimum Gasteiger partial charge on any atom is -0.444 e. The van der Waals surface area contributed by atoms with E-state index in [9.17, 15) is 9.59 Å². The van der Waals surface area contributed by atoms with Crippen molar-refractivity contribution in [2.75, 3.05) is 5.32 Å². The summed E-state index contributed by atoms with van der Waals surface area (Å²) < 4.78 is 5.17. The van der Waals surface area contributed by atoms with Crippen LogP contribution in [0.3, 0.4) is 0 Å². The Hall–Kier alpha value is -2.89. The molecule has 0 unspecified atom stereocenters. The van der Waals surface area contributed by atoms with Crippen LogP contribution in [0.5, 0.6) is 0 Å². The lowest BCUT2D eigenvalue weighted by Gasteiger charge is -2.19. The number of aromatic nitrogens is 1. The second kappa shape index (κ2) is 7.59. The van der Waals surface area contributed by atoms with E-state index in [1.54, 1.807) is 57.4 Å². The number of ether oxygens (including phenoxy) is 1. The molecule has 0 radical (unpaired) electrons. The molecule has 0 bridgehead atoms. The van der Waals surface area contributed by atoms with Crippen molar-refractivity contribution < 1.29 is 14.3 Å². The van der Waals surface area contributed by atoms with Crippen molar-refractivity contribution in [3.05, 3.63) is 59.9 Å². The van der Waals surface area contributed by atoms with Gasteiger partial charge in [-0.1, -0.05) is 0 Å². The number of pyridine rings is 1. The number of hydrogen-bond donors (Lipinski definition) is 2. The molecule has 0 saturated carbocycles. The fraction of sp³-hybridized carbons (Fsp3) is 0.278. The van der Waals surface area contributed by atoms with Crippen LogP contribution in [0, 0.1) is 0 Å². The van der Waals surface area contributed by atoms with Gasteiger partial charge in [-0.3, -0.25) is 15.1 Å². The van der Waals surface area contributed by atoms with Crippen molar-refractivity contribution in [1.29, 1.82) is 0 Å². The van der Waals surface area contributed by atoms with E-state index in [1.807, 2.05) is 12.1 Å². The summed E-state index contributed by atoms with van der Waals surface area (Å²) in [6.07, 6.45) is 2.83. The number of nitrogens with zero attached hydrogens (tertiary/aromatic N) is 1. The Morgan fingerprint density at radius 3 is 2.25 bits per heavy atom. The summed E-state index contributed by atoms with van der Waals surface area (Å²) in [5, 5.41) is 5.45.